The number of carbonyl (C=O) groups is 2. The number of rotatable bonds is 5. The minimum atomic E-state index is -0.347. The Labute approximate surface area is 184 Å². The van der Waals surface area contributed by atoms with E-state index in [1.807, 2.05) is 0 Å². The van der Waals surface area contributed by atoms with E-state index in [4.69, 9.17) is 28.6 Å². The molecule has 8 heteroatoms. The highest BCUT2D eigenvalue weighted by Gasteiger charge is 2.10. The van der Waals surface area contributed by atoms with Gasteiger partial charge in [-0.3, -0.25) is 14.9 Å². The molecule has 0 saturated heterocycles. The van der Waals surface area contributed by atoms with Crippen LogP contribution in [0.1, 0.15) is 20.7 Å². The number of nitrogens with one attached hydrogen (secondary N) is 3. The maximum Gasteiger partial charge on any atom is 0.257 e. The van der Waals surface area contributed by atoms with Gasteiger partial charge in [-0.2, -0.15) is 0 Å². The van der Waals surface area contributed by atoms with Crippen molar-refractivity contribution in [2.24, 2.45) is 0 Å². The molecule has 152 valence electrons. The Kier molecular flexibility index (Phi) is 7.00. The molecular formula is C22H18ClN3O3S. The minimum absolute atomic E-state index is 0.133. The Hall–Kier alpha value is -3.42. The normalized spacial score (nSPS) is 10.1. The van der Waals surface area contributed by atoms with Gasteiger partial charge >= 0.3 is 0 Å². The van der Waals surface area contributed by atoms with Gasteiger partial charge in [0.15, 0.2) is 5.11 Å². The molecule has 0 bridgehead atoms. The number of thiocarbonyl (C=S) groups is 1. The molecule has 3 rings (SSSR count). The molecule has 0 fully saturated rings. The van der Waals surface area contributed by atoms with E-state index in [-0.39, 0.29) is 16.9 Å². The van der Waals surface area contributed by atoms with Gasteiger partial charge in [0, 0.05) is 27.5 Å². The van der Waals surface area contributed by atoms with Crippen LogP contribution in [-0.2, 0) is 0 Å². The van der Waals surface area contributed by atoms with Crippen LogP contribution in [-0.4, -0.2) is 24.0 Å². The van der Waals surface area contributed by atoms with Crippen LogP contribution in [0.4, 0.5) is 11.4 Å². The molecule has 0 atom stereocenters. The summed E-state index contributed by atoms with van der Waals surface area (Å²) in [6, 6.07) is 20.3. The monoisotopic (exact) mass is 439 g/mol. The average Bonchev–Trinajstić information content (AvgIpc) is 2.74. The summed E-state index contributed by atoms with van der Waals surface area (Å²) in [5.74, 6) is 0.0227. The van der Waals surface area contributed by atoms with Crippen molar-refractivity contribution in [2.75, 3.05) is 17.7 Å². The van der Waals surface area contributed by atoms with Gasteiger partial charge in [0.25, 0.3) is 11.8 Å². The molecule has 30 heavy (non-hydrogen) atoms. The van der Waals surface area contributed by atoms with E-state index < -0.39 is 0 Å². The average molecular weight is 440 g/mol. The summed E-state index contributed by atoms with van der Waals surface area (Å²) in [6.07, 6.45) is 0. The molecular weight excluding hydrogens is 422 g/mol. The second kappa shape index (κ2) is 9.87. The van der Waals surface area contributed by atoms with Gasteiger partial charge in [-0.25, -0.2) is 0 Å². The third-order valence-corrected chi connectivity index (χ3v) is 4.48. The lowest BCUT2D eigenvalue weighted by Gasteiger charge is -2.12. The zero-order valence-corrected chi connectivity index (χ0v) is 17.5. The van der Waals surface area contributed by atoms with Gasteiger partial charge in [-0.1, -0.05) is 23.7 Å². The topological polar surface area (TPSA) is 79.5 Å². The molecule has 3 N–H and O–H groups in total. The van der Waals surface area contributed by atoms with Crippen molar-refractivity contribution >= 4 is 52.1 Å². The van der Waals surface area contributed by atoms with Crippen LogP contribution in [0.5, 0.6) is 5.75 Å². The van der Waals surface area contributed by atoms with Crippen LogP contribution in [0, 0.1) is 0 Å². The molecule has 6 nitrogen and oxygen atoms in total. The predicted octanol–water partition coefficient (Wildman–Crippen LogP) is 4.73. The highest BCUT2D eigenvalue weighted by Crippen LogP contribution is 2.18. The molecule has 0 aliphatic rings. The molecule has 0 radical (unpaired) electrons. The van der Waals surface area contributed by atoms with Crippen LogP contribution >= 0.6 is 23.8 Å². The second-order valence-electron chi connectivity index (χ2n) is 6.18. The third kappa shape index (κ3) is 5.79. The maximum atomic E-state index is 12.4. The first kappa shape index (κ1) is 21.3. The summed E-state index contributed by atoms with van der Waals surface area (Å²) in [5, 5.41) is 8.96. The van der Waals surface area contributed by atoms with Crippen molar-refractivity contribution in [3.8, 4) is 5.75 Å². The van der Waals surface area contributed by atoms with Gasteiger partial charge < -0.3 is 15.4 Å². The molecule has 0 aliphatic heterocycles. The number of hydrogen-bond acceptors (Lipinski definition) is 4. The zero-order chi connectivity index (χ0) is 21.5. The smallest absolute Gasteiger partial charge is 0.257 e. The quantitative estimate of drug-likeness (QED) is 0.501. The molecule has 3 aromatic rings. The lowest BCUT2D eigenvalue weighted by Crippen LogP contribution is -2.34. The molecule has 0 aromatic heterocycles. The molecule has 0 spiro atoms. The lowest BCUT2D eigenvalue weighted by molar-refractivity contribution is 0.0976. The Morgan fingerprint density at radius 1 is 0.833 bits per heavy atom. The van der Waals surface area contributed by atoms with Crippen LogP contribution < -0.4 is 20.7 Å². The standard InChI is InChI=1S/C22H18ClN3O3S/c1-29-19-10-8-14(9-11-19)20(27)26-22(30)25-18-7-3-6-17(13-18)24-21(28)15-4-2-5-16(23)12-15/h2-13H,1H3,(H,24,28)(H2,25,26,27,30). The first-order valence-electron chi connectivity index (χ1n) is 8.88. The number of benzene rings is 3. The van der Waals surface area contributed by atoms with Crippen molar-refractivity contribution in [2.45, 2.75) is 0 Å². The first-order valence-corrected chi connectivity index (χ1v) is 9.66. The van der Waals surface area contributed by atoms with Crippen molar-refractivity contribution in [1.29, 1.82) is 0 Å². The largest absolute Gasteiger partial charge is 0.497 e. The highest BCUT2D eigenvalue weighted by molar-refractivity contribution is 7.80. The van der Waals surface area contributed by atoms with Gasteiger partial charge in [0.2, 0.25) is 0 Å². The number of methoxy groups -OCH3 is 1. The predicted molar refractivity (Wildman–Crippen MR) is 123 cm³/mol. The Bertz CT molecular complexity index is 1090. The first-order chi connectivity index (χ1) is 14.4. The molecule has 2 amide bonds. The fourth-order valence-corrected chi connectivity index (χ4v) is 2.99. The van der Waals surface area contributed by atoms with E-state index in [0.29, 0.717) is 33.3 Å². The zero-order valence-electron chi connectivity index (χ0n) is 15.9. The molecule has 0 aliphatic carbocycles. The number of carbonyl (C=O) groups excluding carboxylic acids is 2. The van der Waals surface area contributed by atoms with Crippen LogP contribution in [0.25, 0.3) is 0 Å². The highest BCUT2D eigenvalue weighted by atomic mass is 35.5. The molecule has 0 saturated carbocycles. The van der Waals surface area contributed by atoms with Gasteiger partial charge in [-0.05, 0) is 72.9 Å². The summed E-state index contributed by atoms with van der Waals surface area (Å²) in [5.41, 5.74) is 2.07. The van der Waals surface area contributed by atoms with Crippen LogP contribution in [0.3, 0.4) is 0 Å². The molecule has 0 heterocycles. The fourth-order valence-electron chi connectivity index (χ4n) is 2.59. The Balaban J connectivity index is 1.60. The van der Waals surface area contributed by atoms with Gasteiger partial charge in [0.1, 0.15) is 5.75 Å². The van der Waals surface area contributed by atoms with Crippen molar-refractivity contribution in [3.63, 3.8) is 0 Å². The van der Waals surface area contributed by atoms with Crippen LogP contribution in [0.2, 0.25) is 5.02 Å². The van der Waals surface area contributed by atoms with E-state index >= 15 is 0 Å². The minimum Gasteiger partial charge on any atom is -0.497 e. The van der Waals surface area contributed by atoms with E-state index in [2.05, 4.69) is 16.0 Å². The number of hydrogen-bond donors (Lipinski definition) is 3. The summed E-state index contributed by atoms with van der Waals surface area (Å²) in [4.78, 5) is 24.7. The third-order valence-electron chi connectivity index (χ3n) is 4.04. The van der Waals surface area contributed by atoms with Crippen molar-refractivity contribution < 1.29 is 14.3 Å². The van der Waals surface area contributed by atoms with Gasteiger partial charge in [0.05, 0.1) is 7.11 Å². The number of halogens is 1. The summed E-state index contributed by atoms with van der Waals surface area (Å²) < 4.78 is 5.08. The van der Waals surface area contributed by atoms with Crippen molar-refractivity contribution in [1.82, 2.24) is 5.32 Å². The molecule has 3 aromatic carbocycles. The number of anilines is 2. The van der Waals surface area contributed by atoms with Crippen LogP contribution in [0.15, 0.2) is 72.8 Å². The number of ether oxygens (including phenoxy) is 1. The van der Waals surface area contributed by atoms with Gasteiger partial charge in [-0.15, -0.1) is 0 Å². The van der Waals surface area contributed by atoms with E-state index in [1.165, 1.54) is 0 Å². The number of amides is 2. The van der Waals surface area contributed by atoms with E-state index in [0.717, 1.165) is 0 Å². The summed E-state index contributed by atoms with van der Waals surface area (Å²) >= 11 is 11.1. The fraction of sp³-hybridized carbons (Fsp3) is 0.0455. The Morgan fingerprint density at radius 3 is 2.17 bits per heavy atom. The summed E-state index contributed by atoms with van der Waals surface area (Å²) in [7, 11) is 1.56. The second-order valence-corrected chi connectivity index (χ2v) is 7.03. The summed E-state index contributed by atoms with van der Waals surface area (Å²) in [6.45, 7) is 0. The van der Waals surface area contributed by atoms with E-state index in [1.54, 1.807) is 79.9 Å². The Morgan fingerprint density at radius 2 is 1.50 bits per heavy atom. The van der Waals surface area contributed by atoms with E-state index in [9.17, 15) is 9.59 Å². The lowest BCUT2D eigenvalue weighted by atomic mass is 10.2. The SMILES string of the molecule is COc1ccc(C(=O)NC(=S)Nc2cccc(NC(=O)c3cccc(Cl)c3)c2)cc1. The maximum absolute atomic E-state index is 12.4. The van der Waals surface area contributed by atoms with Crippen molar-refractivity contribution in [3.05, 3.63) is 88.9 Å². The molecule has 0 unspecified atom stereocenters.